The summed E-state index contributed by atoms with van der Waals surface area (Å²) in [7, 11) is 1.49. The number of aromatic nitrogens is 8. The van der Waals surface area contributed by atoms with Gasteiger partial charge in [0.1, 0.15) is 12.1 Å². The fourth-order valence-electron chi connectivity index (χ4n) is 5.58. The molecule has 0 fully saturated rings. The van der Waals surface area contributed by atoms with Crippen molar-refractivity contribution in [1.29, 1.82) is 0 Å². The smallest absolute Gasteiger partial charge is 0.334 e. The zero-order valence-corrected chi connectivity index (χ0v) is 25.0. The molecule has 1 N–H and O–H groups in total. The van der Waals surface area contributed by atoms with Gasteiger partial charge in [0.05, 0.1) is 0 Å². The molecule has 0 amide bonds. The van der Waals surface area contributed by atoms with E-state index in [1.165, 1.54) is 11.7 Å². The van der Waals surface area contributed by atoms with E-state index in [9.17, 15) is 9.59 Å². The van der Waals surface area contributed by atoms with E-state index in [0.717, 1.165) is 40.1 Å². The van der Waals surface area contributed by atoms with Crippen molar-refractivity contribution in [3.05, 3.63) is 117 Å². The van der Waals surface area contributed by atoms with Crippen LogP contribution in [0.5, 0.6) is 0 Å². The molecule has 0 aliphatic heterocycles. The predicted molar refractivity (Wildman–Crippen MR) is 168 cm³/mol. The molecule has 6 rings (SSSR count). The zero-order chi connectivity index (χ0) is 30.6. The monoisotopic (exact) mass is 590 g/mol. The van der Waals surface area contributed by atoms with Gasteiger partial charge in [0.25, 0.3) is 5.56 Å². The summed E-state index contributed by atoms with van der Waals surface area (Å²) in [6.07, 6.45) is 1.39. The van der Waals surface area contributed by atoms with Gasteiger partial charge in [0.15, 0.2) is 11.2 Å². The Labute approximate surface area is 253 Å². The molecule has 1 atom stereocenters. The van der Waals surface area contributed by atoms with Gasteiger partial charge in [0.2, 0.25) is 5.82 Å². The van der Waals surface area contributed by atoms with Crippen LogP contribution in [0.1, 0.15) is 43.4 Å². The predicted octanol–water partition coefficient (Wildman–Crippen LogP) is 4.62. The number of rotatable bonds is 11. The van der Waals surface area contributed by atoms with Crippen LogP contribution >= 0.6 is 0 Å². The highest BCUT2D eigenvalue weighted by atomic mass is 16.5. The first-order valence-corrected chi connectivity index (χ1v) is 14.7. The number of nitrogens with zero attached hydrogens (tertiary/aromatic N) is 7. The molecule has 0 bridgehead atoms. The Hall–Kier alpha value is -5.16. The van der Waals surface area contributed by atoms with Crippen molar-refractivity contribution in [2.75, 3.05) is 7.11 Å². The number of hydrogen-bond donors (Lipinski definition) is 1. The van der Waals surface area contributed by atoms with E-state index in [4.69, 9.17) is 9.72 Å². The van der Waals surface area contributed by atoms with Crippen LogP contribution in [0.4, 0.5) is 0 Å². The van der Waals surface area contributed by atoms with E-state index < -0.39 is 17.5 Å². The number of tetrazole rings is 1. The minimum absolute atomic E-state index is 0.382. The van der Waals surface area contributed by atoms with Gasteiger partial charge in [-0.3, -0.25) is 9.36 Å². The van der Waals surface area contributed by atoms with Crippen LogP contribution in [0.25, 0.3) is 33.7 Å². The molecule has 3 heterocycles. The van der Waals surface area contributed by atoms with Crippen molar-refractivity contribution >= 4 is 11.2 Å². The maximum atomic E-state index is 14.0. The molecule has 224 valence electrons. The number of fused-ring (bicyclic) bond motifs is 1. The third kappa shape index (κ3) is 5.49. The van der Waals surface area contributed by atoms with Gasteiger partial charge in [-0.15, -0.1) is 10.2 Å². The van der Waals surface area contributed by atoms with Gasteiger partial charge in [-0.25, -0.2) is 14.3 Å². The SMILES string of the molecule is CCCc1nc2c(c(=O)n(C(C)OC)c(=O)n2CCc2ccccc2)n1Cc1ccc(-c2ccccc2-c2nn[nH]n2)cc1. The molecule has 0 aliphatic rings. The van der Waals surface area contributed by atoms with Crippen LogP contribution in [0.2, 0.25) is 0 Å². The molecule has 0 spiro atoms. The second kappa shape index (κ2) is 12.6. The summed E-state index contributed by atoms with van der Waals surface area (Å²) in [6.45, 7) is 4.58. The van der Waals surface area contributed by atoms with Gasteiger partial charge in [-0.2, -0.15) is 5.21 Å². The first-order chi connectivity index (χ1) is 21.5. The number of hydrogen-bond acceptors (Lipinski definition) is 7. The third-order valence-corrected chi connectivity index (χ3v) is 7.91. The minimum Gasteiger partial charge on any atom is -0.361 e. The third-order valence-electron chi connectivity index (χ3n) is 7.91. The number of nitrogens with one attached hydrogen (secondary N) is 1. The van der Waals surface area contributed by atoms with E-state index in [2.05, 4.69) is 27.5 Å². The summed E-state index contributed by atoms with van der Waals surface area (Å²) in [5.41, 5.74) is 4.93. The van der Waals surface area contributed by atoms with E-state index >= 15 is 0 Å². The molecule has 3 aromatic heterocycles. The largest absolute Gasteiger partial charge is 0.361 e. The standard InChI is InChI=1S/C33H34N8O3/c1-4-10-28-34-31-29(32(42)41(22(2)44-3)33(43)39(31)20-19-23-11-6-5-7-12-23)40(28)21-24-15-17-25(18-16-24)26-13-8-9-14-27(26)30-35-37-38-36-30/h5-9,11-18,22H,4,10,19-21H2,1-3H3,(H,35,36,37,38). The Morgan fingerprint density at radius 3 is 2.27 bits per heavy atom. The fraction of sp³-hybridized carbons (Fsp3) is 0.273. The van der Waals surface area contributed by atoms with Crippen molar-refractivity contribution in [1.82, 2.24) is 39.3 Å². The molecular weight excluding hydrogens is 556 g/mol. The lowest BCUT2D eigenvalue weighted by atomic mass is 9.98. The van der Waals surface area contributed by atoms with Crippen molar-refractivity contribution in [2.24, 2.45) is 0 Å². The van der Waals surface area contributed by atoms with E-state index in [1.807, 2.05) is 83.4 Å². The Morgan fingerprint density at radius 1 is 0.864 bits per heavy atom. The van der Waals surface area contributed by atoms with Crippen LogP contribution in [0.15, 0.2) is 88.5 Å². The maximum Gasteiger partial charge on any atom is 0.334 e. The van der Waals surface area contributed by atoms with Crippen LogP contribution in [-0.4, -0.2) is 46.4 Å². The number of H-pyrrole nitrogens is 1. The van der Waals surface area contributed by atoms with Gasteiger partial charge < -0.3 is 9.30 Å². The van der Waals surface area contributed by atoms with Gasteiger partial charge in [-0.1, -0.05) is 85.8 Å². The quantitative estimate of drug-likeness (QED) is 0.234. The number of aromatic amines is 1. The summed E-state index contributed by atoms with van der Waals surface area (Å²) in [6, 6.07) is 26.1. The average Bonchev–Trinajstić information content (AvgIpc) is 3.71. The Morgan fingerprint density at radius 2 is 1.59 bits per heavy atom. The van der Waals surface area contributed by atoms with Crippen molar-refractivity contribution in [2.45, 2.75) is 52.4 Å². The van der Waals surface area contributed by atoms with Crippen molar-refractivity contribution < 1.29 is 4.74 Å². The maximum absolute atomic E-state index is 14.0. The highest BCUT2D eigenvalue weighted by Crippen LogP contribution is 2.30. The van der Waals surface area contributed by atoms with Gasteiger partial charge >= 0.3 is 5.69 Å². The molecule has 0 saturated carbocycles. The van der Waals surface area contributed by atoms with Crippen LogP contribution in [0.3, 0.4) is 0 Å². The van der Waals surface area contributed by atoms with Crippen LogP contribution < -0.4 is 11.2 Å². The lowest BCUT2D eigenvalue weighted by Crippen LogP contribution is -2.43. The minimum atomic E-state index is -0.737. The average molecular weight is 591 g/mol. The highest BCUT2D eigenvalue weighted by Gasteiger charge is 2.24. The highest BCUT2D eigenvalue weighted by molar-refractivity contribution is 5.80. The molecule has 3 aromatic carbocycles. The molecule has 0 saturated heterocycles. The summed E-state index contributed by atoms with van der Waals surface area (Å²) in [5.74, 6) is 1.29. The summed E-state index contributed by atoms with van der Waals surface area (Å²) in [4.78, 5) is 32.6. The molecule has 0 aliphatic carbocycles. The summed E-state index contributed by atoms with van der Waals surface area (Å²) < 4.78 is 10.2. The Bertz CT molecular complexity index is 1990. The first-order valence-electron chi connectivity index (χ1n) is 14.7. The molecular formula is C33H34N8O3. The lowest BCUT2D eigenvalue weighted by molar-refractivity contribution is 0.0530. The normalized spacial score (nSPS) is 12.2. The number of benzene rings is 3. The molecule has 11 heteroatoms. The number of ether oxygens (including phenoxy) is 1. The van der Waals surface area contributed by atoms with E-state index in [0.29, 0.717) is 42.9 Å². The van der Waals surface area contributed by atoms with Gasteiger partial charge in [-0.05, 0) is 47.2 Å². The molecule has 11 nitrogen and oxygen atoms in total. The summed E-state index contributed by atoms with van der Waals surface area (Å²) in [5, 5.41) is 14.5. The molecule has 44 heavy (non-hydrogen) atoms. The topological polar surface area (TPSA) is 126 Å². The van der Waals surface area contributed by atoms with Crippen molar-refractivity contribution in [3.8, 4) is 22.5 Å². The molecule has 0 radical (unpaired) electrons. The second-order valence-electron chi connectivity index (χ2n) is 10.7. The van der Waals surface area contributed by atoms with Crippen LogP contribution in [0, 0.1) is 0 Å². The summed E-state index contributed by atoms with van der Waals surface area (Å²) >= 11 is 0. The van der Waals surface area contributed by atoms with E-state index in [1.54, 1.807) is 11.5 Å². The number of methoxy groups -OCH3 is 1. The Balaban J connectivity index is 1.43. The van der Waals surface area contributed by atoms with Crippen LogP contribution in [-0.2, 0) is 30.7 Å². The molecule has 6 aromatic rings. The fourth-order valence-corrected chi connectivity index (χ4v) is 5.58. The lowest BCUT2D eigenvalue weighted by Gasteiger charge is -2.17. The van der Waals surface area contributed by atoms with Crippen molar-refractivity contribution in [3.63, 3.8) is 0 Å². The molecule has 1 unspecified atom stereocenters. The van der Waals surface area contributed by atoms with E-state index in [-0.39, 0.29) is 0 Å². The second-order valence-corrected chi connectivity index (χ2v) is 10.7. The van der Waals surface area contributed by atoms with Gasteiger partial charge in [0, 0.05) is 32.2 Å². The Kier molecular flexibility index (Phi) is 8.29. The number of imidazole rings is 1. The zero-order valence-electron chi connectivity index (χ0n) is 25.0. The number of aryl methyl sites for hydroxylation is 3. The first kappa shape index (κ1) is 28.9.